The second kappa shape index (κ2) is 7.76. The summed E-state index contributed by atoms with van der Waals surface area (Å²) in [5.41, 5.74) is -1.64. The molecule has 0 aliphatic carbocycles. The standard InChI is InChI=1S/C18H18F4N2O3SSi/c1-23-15(18(20,21)22)10-16(25)24(17(23)26)13-9-14(28(2)27)11(8-12(13)19)6-7-29(3,4)5/h8-10H,1-5H3. The summed E-state index contributed by atoms with van der Waals surface area (Å²) >= 11 is 0. The number of alkyl halides is 3. The molecule has 0 saturated carbocycles. The molecule has 0 spiro atoms. The van der Waals surface area contributed by atoms with Gasteiger partial charge >= 0.3 is 11.9 Å². The molecule has 0 bridgehead atoms. The van der Waals surface area contributed by atoms with Crippen LogP contribution in [0.1, 0.15) is 11.3 Å². The Morgan fingerprint density at radius 2 is 1.69 bits per heavy atom. The van der Waals surface area contributed by atoms with E-state index in [1.165, 1.54) is 6.26 Å². The Labute approximate surface area is 167 Å². The molecule has 0 fully saturated rings. The first-order chi connectivity index (χ1) is 13.1. The maximum atomic E-state index is 14.7. The van der Waals surface area contributed by atoms with Crippen LogP contribution in [0.5, 0.6) is 0 Å². The average molecular weight is 446 g/mol. The lowest BCUT2D eigenvalue weighted by atomic mass is 10.2. The third-order valence-corrected chi connectivity index (χ3v) is 5.61. The zero-order chi connectivity index (χ0) is 22.3. The van der Waals surface area contributed by atoms with Crippen LogP contribution < -0.4 is 11.2 Å². The first-order valence-electron chi connectivity index (χ1n) is 8.24. The summed E-state index contributed by atoms with van der Waals surface area (Å²) in [5.74, 6) is 1.74. The zero-order valence-electron chi connectivity index (χ0n) is 16.3. The highest BCUT2D eigenvalue weighted by atomic mass is 32.2. The number of rotatable bonds is 2. The number of benzene rings is 1. The molecule has 0 saturated heterocycles. The molecule has 1 aromatic carbocycles. The van der Waals surface area contributed by atoms with Gasteiger partial charge in [0, 0.05) is 24.9 Å². The Bertz CT molecular complexity index is 1180. The Balaban J connectivity index is 2.84. The molecule has 1 atom stereocenters. The summed E-state index contributed by atoms with van der Waals surface area (Å²) in [5, 5.41) is 0. The number of hydrogen-bond donors (Lipinski definition) is 0. The van der Waals surface area contributed by atoms with Crippen molar-refractivity contribution in [3.05, 3.63) is 56.1 Å². The molecule has 0 N–H and O–H groups in total. The van der Waals surface area contributed by atoms with E-state index in [9.17, 15) is 31.4 Å². The third-order valence-electron chi connectivity index (χ3n) is 3.78. The van der Waals surface area contributed by atoms with Crippen LogP contribution in [-0.2, 0) is 24.0 Å². The van der Waals surface area contributed by atoms with Crippen molar-refractivity contribution in [2.24, 2.45) is 7.05 Å². The first-order valence-corrected chi connectivity index (χ1v) is 13.3. The van der Waals surface area contributed by atoms with Gasteiger partial charge in [0.2, 0.25) is 0 Å². The van der Waals surface area contributed by atoms with E-state index in [1.54, 1.807) is 0 Å². The normalized spacial score (nSPS) is 13.0. The summed E-state index contributed by atoms with van der Waals surface area (Å²) in [4.78, 5) is 24.7. The van der Waals surface area contributed by atoms with Gasteiger partial charge in [0.15, 0.2) is 0 Å². The van der Waals surface area contributed by atoms with E-state index >= 15 is 0 Å². The SMILES string of the molecule is Cn1c(C(F)(F)F)cc(=O)n(-c2cc(S(C)=O)c(C#C[Si](C)(C)C)cc2F)c1=O. The predicted octanol–water partition coefficient (Wildman–Crippen LogP) is 2.66. The Morgan fingerprint density at radius 3 is 2.17 bits per heavy atom. The monoisotopic (exact) mass is 446 g/mol. The fourth-order valence-electron chi connectivity index (χ4n) is 2.42. The van der Waals surface area contributed by atoms with E-state index in [1.807, 2.05) is 19.6 Å². The Hall–Kier alpha value is -2.45. The van der Waals surface area contributed by atoms with Crippen LogP contribution >= 0.6 is 0 Å². The van der Waals surface area contributed by atoms with Crippen LogP contribution in [0.4, 0.5) is 17.6 Å². The third kappa shape index (κ3) is 4.94. The number of aromatic nitrogens is 2. The number of hydrogen-bond acceptors (Lipinski definition) is 3. The topological polar surface area (TPSA) is 61.1 Å². The van der Waals surface area contributed by atoms with E-state index < -0.39 is 53.5 Å². The molecule has 2 rings (SSSR count). The molecule has 5 nitrogen and oxygen atoms in total. The van der Waals surface area contributed by atoms with E-state index in [0.29, 0.717) is 0 Å². The molecule has 2 aromatic rings. The van der Waals surface area contributed by atoms with Gasteiger partial charge < -0.3 is 0 Å². The second-order valence-corrected chi connectivity index (χ2v) is 13.4. The van der Waals surface area contributed by atoms with E-state index in [2.05, 4.69) is 11.5 Å². The van der Waals surface area contributed by atoms with Crippen molar-refractivity contribution >= 4 is 18.9 Å². The Kier molecular flexibility index (Phi) is 6.11. The van der Waals surface area contributed by atoms with Crippen molar-refractivity contribution in [3.63, 3.8) is 0 Å². The minimum atomic E-state index is -4.93. The van der Waals surface area contributed by atoms with Gasteiger partial charge in [-0.05, 0) is 12.1 Å². The molecule has 0 aliphatic heterocycles. The van der Waals surface area contributed by atoms with E-state index in [4.69, 9.17) is 0 Å². The van der Waals surface area contributed by atoms with Crippen LogP contribution in [0.3, 0.4) is 0 Å². The number of halogens is 4. The maximum absolute atomic E-state index is 14.7. The van der Waals surface area contributed by atoms with Gasteiger partial charge in [-0.1, -0.05) is 25.6 Å². The molecular formula is C18H18F4N2O3SSi. The van der Waals surface area contributed by atoms with Crippen LogP contribution in [0.2, 0.25) is 19.6 Å². The Morgan fingerprint density at radius 1 is 1.10 bits per heavy atom. The molecule has 0 radical (unpaired) electrons. The fraction of sp³-hybridized carbons (Fsp3) is 0.333. The van der Waals surface area contributed by atoms with Gasteiger partial charge in [0.1, 0.15) is 19.6 Å². The van der Waals surface area contributed by atoms with E-state index in [-0.39, 0.29) is 25.7 Å². The minimum absolute atomic E-state index is 0.0704. The molecule has 0 aliphatic rings. The van der Waals surface area contributed by atoms with Gasteiger partial charge in [-0.3, -0.25) is 13.6 Å². The highest BCUT2D eigenvalue weighted by Crippen LogP contribution is 2.27. The number of nitrogens with zero attached hydrogens (tertiary/aromatic N) is 2. The fourth-order valence-corrected chi connectivity index (χ4v) is 3.63. The highest BCUT2D eigenvalue weighted by Gasteiger charge is 2.35. The zero-order valence-corrected chi connectivity index (χ0v) is 18.1. The lowest BCUT2D eigenvalue weighted by molar-refractivity contribution is -0.144. The van der Waals surface area contributed by atoms with Crippen molar-refractivity contribution in [2.45, 2.75) is 30.7 Å². The van der Waals surface area contributed by atoms with Crippen molar-refractivity contribution < 1.29 is 21.8 Å². The molecule has 156 valence electrons. The van der Waals surface area contributed by atoms with Crippen molar-refractivity contribution in [1.82, 2.24) is 9.13 Å². The smallest absolute Gasteiger partial charge is 0.292 e. The van der Waals surface area contributed by atoms with Crippen molar-refractivity contribution in [2.75, 3.05) is 6.26 Å². The van der Waals surface area contributed by atoms with Gasteiger partial charge in [0.25, 0.3) is 5.56 Å². The van der Waals surface area contributed by atoms with E-state index in [0.717, 1.165) is 19.2 Å². The van der Waals surface area contributed by atoms with Crippen LogP contribution in [-0.4, -0.2) is 27.7 Å². The highest BCUT2D eigenvalue weighted by molar-refractivity contribution is 7.84. The molecule has 0 amide bonds. The average Bonchev–Trinajstić information content (AvgIpc) is 2.55. The lowest BCUT2D eigenvalue weighted by Crippen LogP contribution is -2.41. The molecule has 1 unspecified atom stereocenters. The quantitative estimate of drug-likeness (QED) is 0.405. The van der Waals surface area contributed by atoms with Crippen LogP contribution in [0.25, 0.3) is 5.69 Å². The molecule has 11 heteroatoms. The maximum Gasteiger partial charge on any atom is 0.431 e. The summed E-state index contributed by atoms with van der Waals surface area (Å²) in [6.07, 6.45) is -3.62. The lowest BCUT2D eigenvalue weighted by Gasteiger charge is -2.15. The minimum Gasteiger partial charge on any atom is -0.292 e. The molecule has 29 heavy (non-hydrogen) atoms. The van der Waals surface area contributed by atoms with Crippen LogP contribution in [0.15, 0.2) is 32.7 Å². The summed E-state index contributed by atoms with van der Waals surface area (Å²) in [6.45, 7) is 5.87. The van der Waals surface area contributed by atoms with Gasteiger partial charge in [-0.25, -0.2) is 13.8 Å². The van der Waals surface area contributed by atoms with Crippen LogP contribution in [0, 0.1) is 17.3 Å². The summed E-state index contributed by atoms with van der Waals surface area (Å²) in [7, 11) is -2.67. The molecular weight excluding hydrogens is 428 g/mol. The largest absolute Gasteiger partial charge is 0.431 e. The first kappa shape index (κ1) is 22.8. The predicted molar refractivity (Wildman–Crippen MR) is 105 cm³/mol. The summed E-state index contributed by atoms with van der Waals surface area (Å²) < 4.78 is 66.3. The van der Waals surface area contributed by atoms with Gasteiger partial charge in [0.05, 0.1) is 21.4 Å². The van der Waals surface area contributed by atoms with Gasteiger partial charge in [-0.15, -0.1) is 5.54 Å². The van der Waals surface area contributed by atoms with Crippen molar-refractivity contribution in [1.29, 1.82) is 0 Å². The molecule has 1 aromatic heterocycles. The van der Waals surface area contributed by atoms with Gasteiger partial charge in [-0.2, -0.15) is 13.2 Å². The van der Waals surface area contributed by atoms with Crippen molar-refractivity contribution in [3.8, 4) is 17.2 Å². The molecule has 1 heterocycles. The summed E-state index contributed by atoms with van der Waals surface area (Å²) in [6, 6.07) is 2.15. The second-order valence-electron chi connectivity index (χ2n) is 7.30.